The third kappa shape index (κ3) is 6.00. The molecule has 55 heavy (non-hydrogen) atoms. The monoisotopic (exact) mass is 774 g/mol. The van der Waals surface area contributed by atoms with Gasteiger partial charge in [0.1, 0.15) is 30.0 Å². The molecule has 17 nitrogen and oxygen atoms in total. The number of carbonyl (C=O) groups excluding carboxylic acids is 5. The number of hydrogen-bond donors (Lipinski definition) is 3. The number of aromatic nitrogens is 1. The highest BCUT2D eigenvalue weighted by Crippen LogP contribution is 2.66. The minimum atomic E-state index is -2.14. The van der Waals surface area contributed by atoms with Gasteiger partial charge in [0.15, 0.2) is 35.3 Å². The first-order chi connectivity index (χ1) is 25.6. The Morgan fingerprint density at radius 1 is 1.09 bits per heavy atom. The molecular weight excluding hydrogens is 724 g/mol. The van der Waals surface area contributed by atoms with Crippen LogP contribution in [0.5, 0.6) is 0 Å². The molecule has 3 N–H and O–H groups in total. The Morgan fingerprint density at radius 2 is 1.78 bits per heavy atom. The lowest BCUT2D eigenvalue weighted by molar-refractivity contribution is -0.348. The van der Waals surface area contributed by atoms with E-state index in [1.165, 1.54) is 33.4 Å². The molecule has 3 heterocycles. The third-order valence-electron chi connectivity index (χ3n) is 12.1. The summed E-state index contributed by atoms with van der Waals surface area (Å²) in [5.41, 5.74) is -7.27. The Bertz CT molecular complexity index is 1780. The maximum atomic E-state index is 15.2. The van der Waals surface area contributed by atoms with Gasteiger partial charge in [-0.2, -0.15) is 0 Å². The molecule has 4 fully saturated rings. The van der Waals surface area contributed by atoms with Crippen molar-refractivity contribution in [3.63, 3.8) is 0 Å². The molecule has 1 amide bonds. The molecule has 2 aliphatic heterocycles. The lowest BCUT2D eigenvalue weighted by Crippen LogP contribution is -2.83. The van der Waals surface area contributed by atoms with Gasteiger partial charge >= 0.3 is 24.2 Å². The summed E-state index contributed by atoms with van der Waals surface area (Å²) in [4.78, 5) is 72.7. The van der Waals surface area contributed by atoms with Gasteiger partial charge in [0, 0.05) is 45.1 Å². The standard InChI is InChI=1S/C38H50N2O15/c1-17-22-26(49-10)28(43)36(8)20(48-9)15-21-37(16-50-21,53-18(2)41)27(36)29(44)38(35(22,6)7)30(52-33(47)55-38)25(17)51-31(45)24(42)23(19-13-11-12-14-39-19)40-32(46)54-34(3,4)5/h11-14,20-21,23-27,29-30,42,44H,15-16H2,1-10H3,(H,40,46)/t20-,21+,23-,24+,25+,26+,27-,29-,30-,36+,37-,38-/m0/s1. The van der Waals surface area contributed by atoms with E-state index >= 15 is 4.79 Å². The highest BCUT2D eigenvalue weighted by atomic mass is 16.8. The molecule has 2 saturated heterocycles. The maximum absolute atomic E-state index is 15.2. The van der Waals surface area contributed by atoms with Gasteiger partial charge in [0.05, 0.1) is 23.8 Å². The average molecular weight is 775 g/mol. The zero-order chi connectivity index (χ0) is 40.6. The van der Waals surface area contributed by atoms with Crippen molar-refractivity contribution >= 4 is 30.0 Å². The lowest BCUT2D eigenvalue weighted by Gasteiger charge is -2.67. The highest BCUT2D eigenvalue weighted by Gasteiger charge is 2.82. The molecule has 1 aromatic rings. The SMILES string of the molecule is CO[C@H]1C(=O)[C@]2(C)[C@@H](OC)C[C@H]3OC[C@@]3(OC(C)=O)[C@H]2[C@H](O)[C@]23OC(=O)O[C@H]2[C@H](OC(=O)[C@H](O)[C@@H](NC(=O)OC(C)(C)C)c2ccccn2)C(C)=C1C3(C)C. The Morgan fingerprint density at radius 3 is 2.33 bits per heavy atom. The summed E-state index contributed by atoms with van der Waals surface area (Å²) in [6, 6.07) is 3.19. The predicted octanol–water partition coefficient (Wildman–Crippen LogP) is 2.25. The molecule has 1 spiro atoms. The maximum Gasteiger partial charge on any atom is 0.509 e. The summed E-state index contributed by atoms with van der Waals surface area (Å²) in [7, 11) is 2.73. The van der Waals surface area contributed by atoms with E-state index in [9.17, 15) is 29.4 Å². The minimum absolute atomic E-state index is 0.0905. The minimum Gasteiger partial charge on any atom is -0.454 e. The number of fused-ring (bicyclic) bond motifs is 4. The first kappa shape index (κ1) is 40.5. The molecule has 17 heteroatoms. The number of aliphatic hydroxyl groups excluding tert-OH is 2. The van der Waals surface area contributed by atoms with Crippen molar-refractivity contribution in [2.24, 2.45) is 16.7 Å². The van der Waals surface area contributed by atoms with Gasteiger partial charge in [-0.15, -0.1) is 0 Å². The van der Waals surface area contributed by atoms with E-state index < -0.39 is 112 Å². The molecule has 0 unspecified atom stereocenters. The lowest BCUT2D eigenvalue weighted by atomic mass is 9.44. The first-order valence-corrected chi connectivity index (χ1v) is 18.1. The number of ketones is 1. The number of nitrogens with one attached hydrogen (secondary N) is 1. The van der Waals surface area contributed by atoms with Crippen LogP contribution in [0.25, 0.3) is 0 Å². The number of methoxy groups -OCH3 is 2. The highest BCUT2D eigenvalue weighted by molar-refractivity contribution is 5.94. The summed E-state index contributed by atoms with van der Waals surface area (Å²) >= 11 is 0. The van der Waals surface area contributed by atoms with E-state index in [0.717, 1.165) is 0 Å². The molecule has 1 aromatic heterocycles. The molecule has 3 aliphatic carbocycles. The molecule has 2 saturated carbocycles. The molecule has 2 bridgehead atoms. The number of esters is 2. The van der Waals surface area contributed by atoms with Gasteiger partial charge < -0.3 is 53.4 Å². The Labute approximate surface area is 318 Å². The van der Waals surface area contributed by atoms with Crippen molar-refractivity contribution in [3.05, 3.63) is 41.2 Å². The summed E-state index contributed by atoms with van der Waals surface area (Å²) in [5, 5.41) is 27.1. The average Bonchev–Trinajstić information content (AvgIpc) is 3.47. The van der Waals surface area contributed by atoms with Crippen LogP contribution >= 0.6 is 0 Å². The van der Waals surface area contributed by atoms with E-state index in [2.05, 4.69) is 10.3 Å². The molecule has 0 aromatic carbocycles. The second-order valence-corrected chi connectivity index (χ2v) is 16.6. The van der Waals surface area contributed by atoms with E-state index in [-0.39, 0.29) is 29.9 Å². The Balaban J connectivity index is 1.50. The van der Waals surface area contributed by atoms with Crippen molar-refractivity contribution in [2.45, 2.75) is 127 Å². The topological polar surface area (TPSA) is 225 Å². The fourth-order valence-corrected chi connectivity index (χ4v) is 9.82. The summed E-state index contributed by atoms with van der Waals surface area (Å²) in [6.07, 6.45) is -10.9. The summed E-state index contributed by atoms with van der Waals surface area (Å²) in [6.45, 7) is 12.4. The van der Waals surface area contributed by atoms with E-state index in [4.69, 9.17) is 37.9 Å². The number of rotatable bonds is 8. The summed E-state index contributed by atoms with van der Waals surface area (Å²) < 4.78 is 47.1. The molecule has 5 aliphatic rings. The number of aliphatic hydroxyl groups is 2. The Hall–Kier alpha value is -4.16. The number of hydrogen-bond acceptors (Lipinski definition) is 16. The van der Waals surface area contributed by atoms with E-state index in [1.807, 2.05) is 0 Å². The van der Waals surface area contributed by atoms with Gasteiger partial charge in [-0.05, 0) is 57.9 Å². The fraction of sp³-hybridized carbons (Fsp3) is 0.684. The van der Waals surface area contributed by atoms with Crippen LogP contribution in [-0.4, -0.2) is 126 Å². The van der Waals surface area contributed by atoms with Gasteiger partial charge in [-0.1, -0.05) is 19.9 Å². The Kier molecular flexibility index (Phi) is 10.2. The van der Waals surface area contributed by atoms with E-state index in [1.54, 1.807) is 60.6 Å². The quantitative estimate of drug-likeness (QED) is 0.196. The van der Waals surface area contributed by atoms with Crippen LogP contribution in [-0.2, 0) is 52.3 Å². The number of carbonyl (C=O) groups is 5. The number of pyridine rings is 1. The second kappa shape index (κ2) is 13.8. The normalized spacial score (nSPS) is 37.2. The smallest absolute Gasteiger partial charge is 0.454 e. The molecule has 302 valence electrons. The summed E-state index contributed by atoms with van der Waals surface area (Å²) in [5.74, 6) is -3.88. The van der Waals surface area contributed by atoms with Gasteiger partial charge in [0.2, 0.25) is 0 Å². The van der Waals surface area contributed by atoms with Crippen molar-refractivity contribution in [1.29, 1.82) is 0 Å². The van der Waals surface area contributed by atoms with Crippen LogP contribution in [0.15, 0.2) is 35.5 Å². The number of ether oxygens (including phenoxy) is 8. The van der Waals surface area contributed by atoms with Crippen LogP contribution in [0.4, 0.5) is 9.59 Å². The van der Waals surface area contributed by atoms with Gasteiger partial charge in [0.25, 0.3) is 0 Å². The number of nitrogens with zero attached hydrogens (tertiary/aromatic N) is 1. The van der Waals surface area contributed by atoms with Crippen molar-refractivity contribution < 1.29 is 72.1 Å². The van der Waals surface area contributed by atoms with E-state index in [0.29, 0.717) is 0 Å². The number of amides is 1. The second-order valence-electron chi connectivity index (χ2n) is 16.6. The van der Waals surface area contributed by atoms with Crippen molar-refractivity contribution in [2.75, 3.05) is 20.8 Å². The number of alkyl carbamates (subject to hydrolysis) is 1. The van der Waals surface area contributed by atoms with Crippen molar-refractivity contribution in [1.82, 2.24) is 10.3 Å². The molecule has 12 atom stereocenters. The fourth-order valence-electron chi connectivity index (χ4n) is 9.82. The predicted molar refractivity (Wildman–Crippen MR) is 186 cm³/mol. The largest absolute Gasteiger partial charge is 0.509 e. The van der Waals surface area contributed by atoms with Crippen LogP contribution in [0.3, 0.4) is 0 Å². The van der Waals surface area contributed by atoms with Crippen LogP contribution in [0, 0.1) is 16.7 Å². The zero-order valence-corrected chi connectivity index (χ0v) is 32.6. The van der Waals surface area contributed by atoms with Gasteiger partial charge in [-0.3, -0.25) is 14.6 Å². The first-order valence-electron chi connectivity index (χ1n) is 18.1. The third-order valence-corrected chi connectivity index (χ3v) is 12.1. The molecular formula is C38H50N2O15. The van der Waals surface area contributed by atoms with Crippen LogP contribution < -0.4 is 5.32 Å². The van der Waals surface area contributed by atoms with Gasteiger partial charge in [-0.25, -0.2) is 14.4 Å². The molecule has 0 radical (unpaired) electrons. The molecule has 6 rings (SSSR count). The van der Waals surface area contributed by atoms with Crippen LogP contribution in [0.1, 0.15) is 73.5 Å². The zero-order valence-electron chi connectivity index (χ0n) is 32.6. The number of Topliss-reactive ketones (excluding diaryl/α,β-unsaturated/α-hetero) is 1. The van der Waals surface area contributed by atoms with Crippen LogP contribution in [0.2, 0.25) is 0 Å². The van der Waals surface area contributed by atoms with Crippen molar-refractivity contribution in [3.8, 4) is 0 Å².